The number of hydrogen-bond donors (Lipinski definition) is 1. The van der Waals surface area contributed by atoms with E-state index in [4.69, 9.17) is 4.74 Å². The predicted octanol–water partition coefficient (Wildman–Crippen LogP) is 3.15. The zero-order chi connectivity index (χ0) is 15.9. The fourth-order valence-corrected chi connectivity index (χ4v) is 2.13. The van der Waals surface area contributed by atoms with Crippen LogP contribution in [-0.2, 0) is 9.53 Å². The van der Waals surface area contributed by atoms with Gasteiger partial charge >= 0.3 is 12.6 Å². The molecule has 5 nitrogen and oxygen atoms in total. The van der Waals surface area contributed by atoms with Crippen LogP contribution >= 0.6 is 11.3 Å². The summed E-state index contributed by atoms with van der Waals surface area (Å²) in [6.07, 6.45) is 0. The number of nitrogens with one attached hydrogen (secondary N) is 1. The highest BCUT2D eigenvalue weighted by molar-refractivity contribution is 7.11. The van der Waals surface area contributed by atoms with Crippen LogP contribution in [0.3, 0.4) is 0 Å². The lowest BCUT2D eigenvalue weighted by atomic mass is 10.3. The van der Waals surface area contributed by atoms with E-state index in [-0.39, 0.29) is 5.75 Å². The number of benzene rings is 1. The van der Waals surface area contributed by atoms with Crippen LogP contribution in [0, 0.1) is 0 Å². The van der Waals surface area contributed by atoms with E-state index in [1.54, 1.807) is 17.5 Å². The van der Waals surface area contributed by atoms with Crippen LogP contribution in [0.2, 0.25) is 0 Å². The first-order valence-electron chi connectivity index (χ1n) is 6.10. The van der Waals surface area contributed by atoms with E-state index in [2.05, 4.69) is 10.1 Å². The second-order valence-electron chi connectivity index (χ2n) is 4.00. The fourth-order valence-electron chi connectivity index (χ4n) is 1.51. The standard InChI is InChI=1S/C14H11F2NO4S/c15-14(16)21-10-5-3-9(4-6-10)17-12(18)8-20-13(19)11-2-1-7-22-11/h1-7,14H,8H2,(H,17,18). The molecular formula is C14H11F2NO4S. The van der Waals surface area contributed by atoms with Gasteiger partial charge in [0.05, 0.1) is 0 Å². The molecule has 22 heavy (non-hydrogen) atoms. The molecule has 0 bridgehead atoms. The number of anilines is 1. The summed E-state index contributed by atoms with van der Waals surface area (Å²) in [5.74, 6) is -1.13. The number of amides is 1. The number of esters is 1. The highest BCUT2D eigenvalue weighted by Crippen LogP contribution is 2.17. The Kier molecular flexibility index (Phi) is 5.42. The van der Waals surface area contributed by atoms with E-state index in [9.17, 15) is 18.4 Å². The molecule has 1 N–H and O–H groups in total. The first kappa shape index (κ1) is 15.9. The summed E-state index contributed by atoms with van der Waals surface area (Å²) in [6.45, 7) is -3.34. The molecule has 0 radical (unpaired) electrons. The molecule has 1 aromatic carbocycles. The minimum Gasteiger partial charge on any atom is -0.451 e. The SMILES string of the molecule is O=C(COC(=O)c1cccs1)Nc1ccc(OC(F)F)cc1. The molecule has 1 aromatic heterocycles. The molecule has 0 spiro atoms. The zero-order valence-electron chi connectivity index (χ0n) is 11.1. The third-order valence-corrected chi connectivity index (χ3v) is 3.27. The van der Waals surface area contributed by atoms with Gasteiger partial charge in [0.15, 0.2) is 6.61 Å². The largest absolute Gasteiger partial charge is 0.451 e. The zero-order valence-corrected chi connectivity index (χ0v) is 11.9. The highest BCUT2D eigenvalue weighted by atomic mass is 32.1. The maximum absolute atomic E-state index is 12.0. The molecule has 1 heterocycles. The Hall–Kier alpha value is -2.48. The molecule has 0 unspecified atom stereocenters. The van der Waals surface area contributed by atoms with E-state index >= 15 is 0 Å². The maximum atomic E-state index is 12.0. The van der Waals surface area contributed by atoms with Crippen LogP contribution in [0.25, 0.3) is 0 Å². The van der Waals surface area contributed by atoms with Gasteiger partial charge < -0.3 is 14.8 Å². The van der Waals surface area contributed by atoms with E-state index < -0.39 is 25.1 Å². The van der Waals surface area contributed by atoms with Gasteiger partial charge in [0, 0.05) is 5.69 Å². The summed E-state index contributed by atoms with van der Waals surface area (Å²) in [5.41, 5.74) is 0.374. The lowest BCUT2D eigenvalue weighted by Crippen LogP contribution is -2.20. The van der Waals surface area contributed by atoms with Crippen molar-refractivity contribution >= 4 is 28.9 Å². The predicted molar refractivity (Wildman–Crippen MR) is 76.3 cm³/mol. The summed E-state index contributed by atoms with van der Waals surface area (Å²) in [7, 11) is 0. The minimum absolute atomic E-state index is 0.0166. The van der Waals surface area contributed by atoms with E-state index in [0.717, 1.165) is 0 Å². The molecule has 116 valence electrons. The number of thiophene rings is 1. The molecule has 0 saturated carbocycles. The lowest BCUT2D eigenvalue weighted by molar-refractivity contribution is -0.119. The molecule has 2 rings (SSSR count). The van der Waals surface area contributed by atoms with Gasteiger partial charge in [-0.3, -0.25) is 4.79 Å². The number of ether oxygens (including phenoxy) is 2. The van der Waals surface area contributed by atoms with Crippen molar-refractivity contribution in [3.63, 3.8) is 0 Å². The second-order valence-corrected chi connectivity index (χ2v) is 4.95. The van der Waals surface area contributed by atoms with Crippen LogP contribution in [0.5, 0.6) is 5.75 Å². The summed E-state index contributed by atoms with van der Waals surface area (Å²) in [4.78, 5) is 23.5. The number of halogens is 2. The van der Waals surface area contributed by atoms with Gasteiger partial charge in [0.2, 0.25) is 0 Å². The summed E-state index contributed by atoms with van der Waals surface area (Å²) in [5, 5.41) is 4.19. The Morgan fingerprint density at radius 1 is 1.18 bits per heavy atom. The Bertz CT molecular complexity index is 629. The number of hydrogen-bond acceptors (Lipinski definition) is 5. The number of rotatable bonds is 6. The van der Waals surface area contributed by atoms with Crippen molar-refractivity contribution < 1.29 is 27.8 Å². The van der Waals surface area contributed by atoms with Crippen LogP contribution in [0.15, 0.2) is 41.8 Å². The lowest BCUT2D eigenvalue weighted by Gasteiger charge is -2.07. The summed E-state index contributed by atoms with van der Waals surface area (Å²) in [6, 6.07) is 8.67. The van der Waals surface area contributed by atoms with E-state index in [1.165, 1.54) is 35.6 Å². The normalized spacial score (nSPS) is 10.3. The molecule has 0 saturated heterocycles. The van der Waals surface area contributed by atoms with Gasteiger partial charge in [-0.25, -0.2) is 4.79 Å². The first-order chi connectivity index (χ1) is 10.5. The van der Waals surface area contributed by atoms with E-state index in [0.29, 0.717) is 10.6 Å². The van der Waals surface area contributed by atoms with Gasteiger partial charge in [-0.2, -0.15) is 8.78 Å². The fraction of sp³-hybridized carbons (Fsp3) is 0.143. The molecular weight excluding hydrogens is 316 g/mol. The van der Waals surface area contributed by atoms with Crippen molar-refractivity contribution in [2.24, 2.45) is 0 Å². The number of alkyl halides is 2. The van der Waals surface area contributed by atoms with Crippen molar-refractivity contribution in [2.75, 3.05) is 11.9 Å². The van der Waals surface area contributed by atoms with Gasteiger partial charge in [-0.05, 0) is 35.7 Å². The average molecular weight is 327 g/mol. The van der Waals surface area contributed by atoms with Gasteiger partial charge in [-0.15, -0.1) is 11.3 Å². The average Bonchev–Trinajstić information content (AvgIpc) is 3.00. The van der Waals surface area contributed by atoms with Gasteiger partial charge in [0.25, 0.3) is 5.91 Å². The molecule has 8 heteroatoms. The van der Waals surface area contributed by atoms with Crippen molar-refractivity contribution in [1.29, 1.82) is 0 Å². The molecule has 1 amide bonds. The molecule has 0 aliphatic heterocycles. The van der Waals surface area contributed by atoms with E-state index in [1.807, 2.05) is 0 Å². The van der Waals surface area contributed by atoms with Crippen molar-refractivity contribution in [2.45, 2.75) is 6.61 Å². The van der Waals surface area contributed by atoms with Crippen LogP contribution in [0.4, 0.5) is 14.5 Å². The Balaban J connectivity index is 1.80. The number of carbonyl (C=O) groups is 2. The Morgan fingerprint density at radius 2 is 1.91 bits per heavy atom. The van der Waals surface area contributed by atoms with Gasteiger partial charge in [-0.1, -0.05) is 6.07 Å². The third kappa shape index (κ3) is 4.81. The van der Waals surface area contributed by atoms with Crippen molar-refractivity contribution in [3.8, 4) is 5.75 Å². The first-order valence-corrected chi connectivity index (χ1v) is 6.98. The minimum atomic E-state index is -2.91. The Morgan fingerprint density at radius 3 is 2.50 bits per heavy atom. The van der Waals surface area contributed by atoms with Crippen molar-refractivity contribution in [1.82, 2.24) is 0 Å². The van der Waals surface area contributed by atoms with Gasteiger partial charge in [0.1, 0.15) is 10.6 Å². The van der Waals surface area contributed by atoms with Crippen LogP contribution < -0.4 is 10.1 Å². The van der Waals surface area contributed by atoms with Crippen molar-refractivity contribution in [3.05, 3.63) is 46.7 Å². The highest BCUT2D eigenvalue weighted by Gasteiger charge is 2.11. The third-order valence-electron chi connectivity index (χ3n) is 2.42. The molecule has 0 aliphatic rings. The summed E-state index contributed by atoms with van der Waals surface area (Å²) < 4.78 is 33.0. The number of carbonyl (C=O) groups excluding carboxylic acids is 2. The molecule has 0 aliphatic carbocycles. The quantitative estimate of drug-likeness (QED) is 0.828. The summed E-state index contributed by atoms with van der Waals surface area (Å²) >= 11 is 1.21. The van der Waals surface area contributed by atoms with Crippen LogP contribution in [-0.4, -0.2) is 25.1 Å². The molecule has 0 atom stereocenters. The smallest absolute Gasteiger partial charge is 0.387 e. The Labute approximate surface area is 128 Å². The van der Waals surface area contributed by atoms with Crippen LogP contribution in [0.1, 0.15) is 9.67 Å². The monoisotopic (exact) mass is 327 g/mol. The second kappa shape index (κ2) is 7.51. The molecule has 2 aromatic rings. The topological polar surface area (TPSA) is 64.6 Å². The molecule has 0 fully saturated rings. The maximum Gasteiger partial charge on any atom is 0.387 e.